The summed E-state index contributed by atoms with van der Waals surface area (Å²) in [4.78, 5) is 11.5. The van der Waals surface area contributed by atoms with Gasteiger partial charge in [-0.25, -0.2) is 4.98 Å². The standard InChI is InChI=1S/C26H24N4O/c1-19-7-5-8-20-9-6-18-30(25(19)20)24-16-17-27-26(29-24)28-21-12-14-23(15-13-21)31-22-10-3-2-4-11-22/h2-5,7-8,10-17H,6,9,18H2,1H3,(H,27,28,29). The van der Waals surface area contributed by atoms with E-state index in [0.29, 0.717) is 5.95 Å². The molecule has 0 aliphatic carbocycles. The van der Waals surface area contributed by atoms with Crippen LogP contribution in [-0.2, 0) is 6.42 Å². The van der Waals surface area contributed by atoms with E-state index >= 15 is 0 Å². The average molecular weight is 409 g/mol. The molecule has 1 N–H and O–H groups in total. The van der Waals surface area contributed by atoms with Crippen LogP contribution in [-0.4, -0.2) is 16.5 Å². The lowest BCUT2D eigenvalue weighted by Crippen LogP contribution is -2.26. The van der Waals surface area contributed by atoms with Gasteiger partial charge in [0, 0.05) is 24.1 Å². The molecule has 0 saturated heterocycles. The zero-order valence-corrected chi connectivity index (χ0v) is 17.5. The summed E-state index contributed by atoms with van der Waals surface area (Å²) in [5, 5.41) is 3.31. The van der Waals surface area contributed by atoms with E-state index in [1.165, 1.54) is 16.8 Å². The Labute approximate surface area is 182 Å². The molecule has 154 valence electrons. The third-order valence-electron chi connectivity index (χ3n) is 5.43. The first-order valence-corrected chi connectivity index (χ1v) is 10.6. The van der Waals surface area contributed by atoms with Gasteiger partial charge >= 0.3 is 0 Å². The van der Waals surface area contributed by atoms with Crippen molar-refractivity contribution < 1.29 is 4.74 Å². The molecule has 1 aromatic heterocycles. The summed E-state index contributed by atoms with van der Waals surface area (Å²) in [7, 11) is 0. The van der Waals surface area contributed by atoms with E-state index in [-0.39, 0.29) is 0 Å². The predicted octanol–water partition coefficient (Wildman–Crippen LogP) is 6.41. The van der Waals surface area contributed by atoms with Crippen LogP contribution in [0, 0.1) is 6.92 Å². The summed E-state index contributed by atoms with van der Waals surface area (Å²) in [6, 6.07) is 26.0. The number of benzene rings is 3. The number of aromatic nitrogens is 2. The SMILES string of the molecule is Cc1cccc2c1N(c1ccnc(Nc3ccc(Oc4ccccc4)cc3)n1)CCC2. The van der Waals surface area contributed by atoms with Gasteiger partial charge in [0.15, 0.2) is 0 Å². The van der Waals surface area contributed by atoms with Gasteiger partial charge in [-0.05, 0) is 73.4 Å². The molecular formula is C26H24N4O. The molecule has 0 spiro atoms. The van der Waals surface area contributed by atoms with Gasteiger partial charge in [-0.15, -0.1) is 0 Å². The molecule has 5 nitrogen and oxygen atoms in total. The van der Waals surface area contributed by atoms with E-state index in [0.717, 1.165) is 42.4 Å². The Balaban J connectivity index is 1.34. The number of rotatable bonds is 5. The van der Waals surface area contributed by atoms with Crippen LogP contribution in [0.4, 0.5) is 23.1 Å². The van der Waals surface area contributed by atoms with Gasteiger partial charge in [-0.3, -0.25) is 0 Å². The number of hydrogen-bond donors (Lipinski definition) is 1. The fourth-order valence-electron chi connectivity index (χ4n) is 4.00. The van der Waals surface area contributed by atoms with Crippen molar-refractivity contribution in [2.24, 2.45) is 0 Å². The molecule has 31 heavy (non-hydrogen) atoms. The molecule has 3 aromatic carbocycles. The Kier molecular flexibility index (Phi) is 5.23. The summed E-state index contributed by atoms with van der Waals surface area (Å²) in [5.41, 5.74) is 4.85. The van der Waals surface area contributed by atoms with Crippen LogP contribution in [0.15, 0.2) is 85.1 Å². The lowest BCUT2D eigenvalue weighted by atomic mass is 9.98. The van der Waals surface area contributed by atoms with Crippen molar-refractivity contribution in [1.29, 1.82) is 0 Å². The van der Waals surface area contributed by atoms with E-state index in [2.05, 4.69) is 40.3 Å². The minimum Gasteiger partial charge on any atom is -0.457 e. The maximum atomic E-state index is 5.86. The van der Waals surface area contributed by atoms with Crippen LogP contribution < -0.4 is 15.0 Å². The third-order valence-corrected chi connectivity index (χ3v) is 5.43. The van der Waals surface area contributed by atoms with E-state index in [4.69, 9.17) is 9.72 Å². The number of fused-ring (bicyclic) bond motifs is 1. The van der Waals surface area contributed by atoms with Crippen LogP contribution >= 0.6 is 0 Å². The second kappa shape index (κ2) is 8.48. The van der Waals surface area contributed by atoms with Crippen molar-refractivity contribution in [3.8, 4) is 11.5 Å². The molecule has 0 fully saturated rings. The Bertz CT molecular complexity index is 1180. The Morgan fingerprint density at radius 2 is 1.68 bits per heavy atom. The highest BCUT2D eigenvalue weighted by molar-refractivity contribution is 5.69. The second-order valence-corrected chi connectivity index (χ2v) is 7.64. The first kappa shape index (κ1) is 19.1. The van der Waals surface area contributed by atoms with Crippen LogP contribution in [0.25, 0.3) is 0 Å². The summed E-state index contributed by atoms with van der Waals surface area (Å²) in [6.45, 7) is 3.12. The highest BCUT2D eigenvalue weighted by atomic mass is 16.5. The lowest BCUT2D eigenvalue weighted by Gasteiger charge is -2.32. The first-order valence-electron chi connectivity index (χ1n) is 10.6. The quantitative estimate of drug-likeness (QED) is 0.414. The molecule has 2 heterocycles. The van der Waals surface area contributed by atoms with E-state index in [9.17, 15) is 0 Å². The number of hydrogen-bond acceptors (Lipinski definition) is 5. The van der Waals surface area contributed by atoms with Crippen LogP contribution in [0.5, 0.6) is 11.5 Å². The molecule has 5 heteroatoms. The fraction of sp³-hybridized carbons (Fsp3) is 0.154. The summed E-state index contributed by atoms with van der Waals surface area (Å²) in [5.74, 6) is 3.09. The Morgan fingerprint density at radius 1 is 0.871 bits per heavy atom. The second-order valence-electron chi connectivity index (χ2n) is 7.64. The molecule has 0 saturated carbocycles. The molecule has 0 unspecified atom stereocenters. The van der Waals surface area contributed by atoms with Gasteiger partial charge in [0.25, 0.3) is 0 Å². The number of anilines is 4. The summed E-state index contributed by atoms with van der Waals surface area (Å²) in [6.07, 6.45) is 4.04. The van der Waals surface area contributed by atoms with Crippen molar-refractivity contribution in [2.45, 2.75) is 19.8 Å². The predicted molar refractivity (Wildman–Crippen MR) is 125 cm³/mol. The highest BCUT2D eigenvalue weighted by Gasteiger charge is 2.21. The minimum atomic E-state index is 0.579. The van der Waals surface area contributed by atoms with Gasteiger partial charge < -0.3 is 15.0 Å². The normalized spacial score (nSPS) is 12.9. The number of nitrogens with zero attached hydrogens (tertiary/aromatic N) is 3. The molecule has 5 rings (SSSR count). The average Bonchev–Trinajstić information content (AvgIpc) is 2.81. The maximum absolute atomic E-state index is 5.86. The topological polar surface area (TPSA) is 50.3 Å². The largest absolute Gasteiger partial charge is 0.457 e. The van der Waals surface area contributed by atoms with Crippen molar-refractivity contribution in [3.63, 3.8) is 0 Å². The smallest absolute Gasteiger partial charge is 0.229 e. The van der Waals surface area contributed by atoms with Crippen molar-refractivity contribution in [3.05, 3.63) is 96.2 Å². The number of nitrogens with one attached hydrogen (secondary N) is 1. The van der Waals surface area contributed by atoms with Crippen molar-refractivity contribution in [2.75, 3.05) is 16.8 Å². The molecule has 0 radical (unpaired) electrons. The minimum absolute atomic E-state index is 0.579. The molecular weight excluding hydrogens is 384 g/mol. The maximum Gasteiger partial charge on any atom is 0.229 e. The van der Waals surface area contributed by atoms with Crippen molar-refractivity contribution >= 4 is 23.1 Å². The molecule has 1 aliphatic rings. The number of aryl methyl sites for hydroxylation is 2. The van der Waals surface area contributed by atoms with Gasteiger partial charge in [0.2, 0.25) is 5.95 Å². The molecule has 0 amide bonds. The van der Waals surface area contributed by atoms with Gasteiger partial charge in [-0.2, -0.15) is 4.98 Å². The summed E-state index contributed by atoms with van der Waals surface area (Å²) >= 11 is 0. The third kappa shape index (κ3) is 4.21. The molecule has 0 atom stereocenters. The lowest BCUT2D eigenvalue weighted by molar-refractivity contribution is 0.483. The van der Waals surface area contributed by atoms with Crippen LogP contribution in [0.3, 0.4) is 0 Å². The number of para-hydroxylation sites is 2. The van der Waals surface area contributed by atoms with E-state index in [1.807, 2.05) is 66.9 Å². The molecule has 4 aromatic rings. The number of ether oxygens (including phenoxy) is 1. The highest BCUT2D eigenvalue weighted by Crippen LogP contribution is 2.35. The molecule has 0 bridgehead atoms. The zero-order valence-electron chi connectivity index (χ0n) is 17.5. The van der Waals surface area contributed by atoms with Crippen LogP contribution in [0.1, 0.15) is 17.5 Å². The van der Waals surface area contributed by atoms with Gasteiger partial charge in [0.1, 0.15) is 17.3 Å². The van der Waals surface area contributed by atoms with E-state index in [1.54, 1.807) is 0 Å². The van der Waals surface area contributed by atoms with Gasteiger partial charge in [0.05, 0.1) is 0 Å². The van der Waals surface area contributed by atoms with E-state index < -0.39 is 0 Å². The van der Waals surface area contributed by atoms with Crippen LogP contribution in [0.2, 0.25) is 0 Å². The zero-order chi connectivity index (χ0) is 21.0. The molecule has 1 aliphatic heterocycles. The van der Waals surface area contributed by atoms with Crippen molar-refractivity contribution in [1.82, 2.24) is 9.97 Å². The fourth-order valence-corrected chi connectivity index (χ4v) is 4.00. The summed E-state index contributed by atoms with van der Waals surface area (Å²) < 4.78 is 5.86. The Morgan fingerprint density at radius 3 is 2.52 bits per heavy atom. The van der Waals surface area contributed by atoms with Gasteiger partial charge in [-0.1, -0.05) is 36.4 Å². The first-order chi connectivity index (χ1) is 15.3. The monoisotopic (exact) mass is 408 g/mol. The Hall–Kier alpha value is -3.86.